The van der Waals surface area contributed by atoms with Crippen molar-refractivity contribution in [1.82, 2.24) is 5.32 Å². The van der Waals surface area contributed by atoms with Crippen LogP contribution in [0.3, 0.4) is 0 Å². The molecule has 2 heterocycles. The molecule has 0 bridgehead atoms. The van der Waals surface area contributed by atoms with Gasteiger partial charge in [0.2, 0.25) is 5.91 Å². The van der Waals surface area contributed by atoms with Crippen LogP contribution in [0.25, 0.3) is 17.4 Å². The fourth-order valence-corrected chi connectivity index (χ4v) is 3.68. The summed E-state index contributed by atoms with van der Waals surface area (Å²) in [6.45, 7) is 1.92. The first kappa shape index (κ1) is 25.7. The monoisotopic (exact) mass is 535 g/mol. The number of benzene rings is 2. The summed E-state index contributed by atoms with van der Waals surface area (Å²) < 4.78 is 16.2. The summed E-state index contributed by atoms with van der Waals surface area (Å²) >= 11 is 11.5. The van der Waals surface area contributed by atoms with Crippen LogP contribution >= 0.6 is 23.8 Å². The Morgan fingerprint density at radius 3 is 2.62 bits per heavy atom. The zero-order valence-electron chi connectivity index (χ0n) is 19.8. The molecule has 0 spiro atoms. The van der Waals surface area contributed by atoms with Crippen LogP contribution in [-0.4, -0.2) is 24.0 Å². The lowest BCUT2D eigenvalue weighted by Crippen LogP contribution is -2.33. The molecule has 0 atom stereocenters. The van der Waals surface area contributed by atoms with E-state index in [1.54, 1.807) is 42.5 Å². The van der Waals surface area contributed by atoms with E-state index in [9.17, 15) is 9.59 Å². The Hall–Kier alpha value is -4.34. The number of aryl methyl sites for hydroxylation is 1. The van der Waals surface area contributed by atoms with Crippen LogP contribution in [0.15, 0.2) is 81.8 Å². The van der Waals surface area contributed by atoms with Crippen molar-refractivity contribution in [2.75, 3.05) is 17.7 Å². The van der Waals surface area contributed by atoms with E-state index in [-0.39, 0.29) is 10.9 Å². The number of carbonyl (C=O) groups is 2. The van der Waals surface area contributed by atoms with Crippen molar-refractivity contribution in [2.45, 2.75) is 6.92 Å². The third-order valence-electron chi connectivity index (χ3n) is 5.17. The van der Waals surface area contributed by atoms with Gasteiger partial charge < -0.3 is 24.2 Å². The highest BCUT2D eigenvalue weighted by Gasteiger charge is 2.12. The van der Waals surface area contributed by atoms with Gasteiger partial charge in [-0.25, -0.2) is 0 Å². The second-order valence-electron chi connectivity index (χ2n) is 7.79. The Morgan fingerprint density at radius 2 is 1.89 bits per heavy atom. The zero-order valence-corrected chi connectivity index (χ0v) is 21.4. The van der Waals surface area contributed by atoms with E-state index in [1.807, 2.05) is 25.1 Å². The predicted molar refractivity (Wildman–Crippen MR) is 147 cm³/mol. The van der Waals surface area contributed by atoms with Gasteiger partial charge in [0.05, 0.1) is 19.1 Å². The maximum atomic E-state index is 12.4. The third-order valence-corrected chi connectivity index (χ3v) is 5.78. The molecule has 0 radical (unpaired) electrons. The van der Waals surface area contributed by atoms with Crippen LogP contribution in [0, 0.1) is 6.92 Å². The number of hydrogen-bond donors (Lipinski definition) is 3. The van der Waals surface area contributed by atoms with Gasteiger partial charge in [-0.15, -0.1) is 0 Å². The third kappa shape index (κ3) is 6.66. The molecule has 10 heteroatoms. The average molecular weight is 536 g/mol. The number of ether oxygens (including phenoxy) is 1. The summed E-state index contributed by atoms with van der Waals surface area (Å²) in [6.07, 6.45) is 4.24. The van der Waals surface area contributed by atoms with Crippen LogP contribution in [0.2, 0.25) is 5.02 Å². The van der Waals surface area contributed by atoms with Gasteiger partial charge in [-0.05, 0) is 79.3 Å². The van der Waals surface area contributed by atoms with Crippen molar-refractivity contribution in [2.24, 2.45) is 0 Å². The molecule has 3 N–H and O–H groups in total. The minimum absolute atomic E-state index is 0.0388. The number of amides is 2. The fraction of sp³-hybridized carbons (Fsp3) is 0.0741. The smallest absolute Gasteiger partial charge is 0.291 e. The Balaban J connectivity index is 1.36. The highest BCUT2D eigenvalue weighted by atomic mass is 35.5. The van der Waals surface area contributed by atoms with Gasteiger partial charge in [-0.3, -0.25) is 14.9 Å². The molecule has 4 rings (SSSR count). The van der Waals surface area contributed by atoms with Crippen molar-refractivity contribution >= 4 is 58.2 Å². The van der Waals surface area contributed by atoms with Gasteiger partial charge in [0.1, 0.15) is 17.3 Å². The number of furan rings is 2. The first-order valence-corrected chi connectivity index (χ1v) is 11.8. The summed E-state index contributed by atoms with van der Waals surface area (Å²) in [5.41, 5.74) is 2.73. The van der Waals surface area contributed by atoms with E-state index < -0.39 is 11.8 Å². The summed E-state index contributed by atoms with van der Waals surface area (Å²) in [7, 11) is 1.49. The number of anilines is 2. The molecule has 2 amide bonds. The molecule has 0 aliphatic heterocycles. The number of hydrogen-bond acceptors (Lipinski definition) is 6. The quantitative estimate of drug-likeness (QED) is 0.189. The largest absolute Gasteiger partial charge is 0.495 e. The number of rotatable bonds is 7. The SMILES string of the molecule is COc1ccc(NC(=O)c2ccco2)cc1NC(=S)NC(=O)/C=C/c1ccc(-c2ccc(C)c(Cl)c2)o1. The molecule has 0 aliphatic rings. The summed E-state index contributed by atoms with van der Waals surface area (Å²) in [5, 5.41) is 8.87. The lowest BCUT2D eigenvalue weighted by atomic mass is 10.1. The topological polar surface area (TPSA) is 106 Å². The highest BCUT2D eigenvalue weighted by Crippen LogP contribution is 2.29. The highest BCUT2D eigenvalue weighted by molar-refractivity contribution is 7.80. The van der Waals surface area contributed by atoms with Crippen molar-refractivity contribution in [3.8, 4) is 17.1 Å². The second-order valence-corrected chi connectivity index (χ2v) is 8.60. The molecule has 0 aliphatic carbocycles. The Bertz CT molecular complexity index is 1480. The Labute approximate surface area is 223 Å². The van der Waals surface area contributed by atoms with Crippen LogP contribution in [0.4, 0.5) is 11.4 Å². The minimum atomic E-state index is -0.463. The van der Waals surface area contributed by atoms with Gasteiger partial charge in [-0.2, -0.15) is 0 Å². The van der Waals surface area contributed by atoms with Crippen molar-refractivity contribution < 1.29 is 23.2 Å². The molecule has 0 saturated heterocycles. The van der Waals surface area contributed by atoms with Crippen molar-refractivity contribution in [1.29, 1.82) is 0 Å². The maximum absolute atomic E-state index is 12.4. The predicted octanol–water partition coefficient (Wildman–Crippen LogP) is 6.29. The molecule has 0 unspecified atom stereocenters. The van der Waals surface area contributed by atoms with Crippen LogP contribution in [-0.2, 0) is 4.79 Å². The summed E-state index contributed by atoms with van der Waals surface area (Å²) in [4.78, 5) is 24.6. The lowest BCUT2D eigenvalue weighted by molar-refractivity contribution is -0.115. The van der Waals surface area contributed by atoms with Crippen molar-refractivity contribution in [3.63, 3.8) is 0 Å². The molecule has 37 heavy (non-hydrogen) atoms. The fourth-order valence-electron chi connectivity index (χ4n) is 3.29. The van der Waals surface area contributed by atoms with Crippen LogP contribution < -0.4 is 20.7 Å². The minimum Gasteiger partial charge on any atom is -0.495 e. The summed E-state index contributed by atoms with van der Waals surface area (Å²) in [5.74, 6) is 0.880. The number of methoxy groups -OCH3 is 1. The van der Waals surface area contributed by atoms with Gasteiger partial charge in [-0.1, -0.05) is 23.7 Å². The van der Waals surface area contributed by atoms with E-state index in [0.29, 0.717) is 33.7 Å². The van der Waals surface area contributed by atoms with E-state index in [0.717, 1.165) is 11.1 Å². The van der Waals surface area contributed by atoms with E-state index in [2.05, 4.69) is 16.0 Å². The van der Waals surface area contributed by atoms with Gasteiger partial charge in [0, 0.05) is 22.3 Å². The van der Waals surface area contributed by atoms with Crippen LogP contribution in [0.1, 0.15) is 21.9 Å². The number of nitrogens with one attached hydrogen (secondary N) is 3. The molecule has 2 aromatic heterocycles. The molecule has 0 saturated carbocycles. The van der Waals surface area contributed by atoms with Crippen LogP contribution in [0.5, 0.6) is 5.75 Å². The average Bonchev–Trinajstić information content (AvgIpc) is 3.57. The molecule has 2 aromatic carbocycles. The normalized spacial score (nSPS) is 10.8. The van der Waals surface area contributed by atoms with Crippen molar-refractivity contribution in [3.05, 3.63) is 95.1 Å². The molecule has 8 nitrogen and oxygen atoms in total. The maximum Gasteiger partial charge on any atom is 0.291 e. The first-order valence-electron chi connectivity index (χ1n) is 11.0. The molecule has 188 valence electrons. The molecular weight excluding hydrogens is 514 g/mol. The van der Waals surface area contributed by atoms with Gasteiger partial charge in [0.25, 0.3) is 5.91 Å². The lowest BCUT2D eigenvalue weighted by Gasteiger charge is -2.14. The first-order chi connectivity index (χ1) is 17.8. The molecule has 0 fully saturated rings. The van der Waals surface area contributed by atoms with E-state index in [4.69, 9.17) is 37.4 Å². The summed E-state index contributed by atoms with van der Waals surface area (Å²) in [6, 6.07) is 17.3. The van der Waals surface area contributed by atoms with E-state index >= 15 is 0 Å². The van der Waals surface area contributed by atoms with Gasteiger partial charge in [0.15, 0.2) is 10.9 Å². The molecule has 4 aromatic rings. The second kappa shape index (κ2) is 11.6. The number of thiocarbonyl (C=S) groups is 1. The molecular formula is C27H22ClN3O5S. The number of halogens is 1. The zero-order chi connectivity index (χ0) is 26.4. The van der Waals surface area contributed by atoms with Gasteiger partial charge >= 0.3 is 0 Å². The Morgan fingerprint density at radius 1 is 1.05 bits per heavy atom. The standard InChI is InChI=1S/C27H22ClN3O5S/c1-16-5-6-17(14-20(16)28)22-11-8-19(36-22)9-12-25(32)31-27(37)30-21-15-18(7-10-23(21)34-2)29-26(33)24-4-3-13-35-24/h3-15H,1-2H3,(H,29,33)(H2,30,31,32,37)/b12-9+. The number of carbonyl (C=O) groups excluding carboxylic acids is 2. The Kier molecular flexibility index (Phi) is 8.07. The van der Waals surface area contributed by atoms with E-state index in [1.165, 1.54) is 25.5 Å².